The van der Waals surface area contributed by atoms with Crippen molar-refractivity contribution >= 4 is 17.5 Å². The monoisotopic (exact) mass is 496 g/mol. The number of hydrogen-bond acceptors (Lipinski definition) is 4. The normalized spacial score (nSPS) is 18.9. The number of halogens is 3. The van der Waals surface area contributed by atoms with E-state index in [0.29, 0.717) is 36.7 Å². The zero-order chi connectivity index (χ0) is 25.0. The molecule has 0 unspecified atom stereocenters. The average Bonchev–Trinajstić information content (AvgIpc) is 3.08. The Kier molecular flexibility index (Phi) is 8.57. The lowest BCUT2D eigenvalue weighted by atomic mass is 9.87. The summed E-state index contributed by atoms with van der Waals surface area (Å²) in [6, 6.07) is 5.40. The van der Waals surface area contributed by atoms with Gasteiger partial charge in [0.05, 0.1) is 10.7 Å². The van der Waals surface area contributed by atoms with Crippen molar-refractivity contribution in [3.63, 3.8) is 0 Å². The quantitative estimate of drug-likeness (QED) is 0.504. The maximum Gasteiger partial charge on any atom is 0.387 e. The largest absolute Gasteiger partial charge is 0.434 e. The first kappa shape index (κ1) is 26.4. The molecule has 1 aliphatic heterocycles. The molecular formula is C25H35ClF2N4O2. The van der Waals surface area contributed by atoms with Crippen LogP contribution in [0.15, 0.2) is 18.2 Å². The van der Waals surface area contributed by atoms with Gasteiger partial charge in [0, 0.05) is 24.7 Å². The molecule has 0 bridgehead atoms. The van der Waals surface area contributed by atoms with Gasteiger partial charge in [0.1, 0.15) is 5.75 Å². The lowest BCUT2D eigenvalue weighted by molar-refractivity contribution is -0.0495. The van der Waals surface area contributed by atoms with Crippen molar-refractivity contribution in [3.05, 3.63) is 34.5 Å². The lowest BCUT2D eigenvalue weighted by Gasteiger charge is -2.27. The third-order valence-corrected chi connectivity index (χ3v) is 6.29. The van der Waals surface area contributed by atoms with Crippen LogP contribution >= 0.6 is 11.6 Å². The van der Waals surface area contributed by atoms with Gasteiger partial charge in [0.2, 0.25) is 0 Å². The van der Waals surface area contributed by atoms with Crippen molar-refractivity contribution in [2.45, 2.75) is 73.1 Å². The van der Waals surface area contributed by atoms with Crippen LogP contribution in [0.3, 0.4) is 0 Å². The second-order valence-electron chi connectivity index (χ2n) is 10.3. The summed E-state index contributed by atoms with van der Waals surface area (Å²) in [6.07, 6.45) is 2.79. The van der Waals surface area contributed by atoms with Crippen LogP contribution in [-0.4, -0.2) is 41.4 Å². The second kappa shape index (κ2) is 11.0. The molecule has 1 fully saturated rings. The smallest absolute Gasteiger partial charge is 0.387 e. The molecular weight excluding hydrogens is 462 g/mol. The Morgan fingerprint density at radius 2 is 2.09 bits per heavy atom. The number of amides is 1. The Morgan fingerprint density at radius 3 is 2.68 bits per heavy atom. The number of carbonyl (C=O) groups is 1. The van der Waals surface area contributed by atoms with Crippen molar-refractivity contribution in [2.75, 3.05) is 13.1 Å². The highest BCUT2D eigenvalue weighted by Gasteiger charge is 2.27. The summed E-state index contributed by atoms with van der Waals surface area (Å²) in [5.41, 5.74) is 1.68. The zero-order valence-electron chi connectivity index (χ0n) is 20.6. The molecule has 0 saturated carbocycles. The minimum atomic E-state index is -2.99. The number of aryl methyl sites for hydroxylation is 1. The number of rotatable bonds is 8. The minimum Gasteiger partial charge on any atom is -0.434 e. The first-order valence-corrected chi connectivity index (χ1v) is 12.2. The van der Waals surface area contributed by atoms with E-state index in [2.05, 4.69) is 43.4 Å². The van der Waals surface area contributed by atoms with Crippen molar-refractivity contribution in [3.8, 4) is 17.0 Å². The molecule has 6 nitrogen and oxygen atoms in total. The van der Waals surface area contributed by atoms with Crippen LogP contribution in [0.25, 0.3) is 11.3 Å². The Hall–Kier alpha value is -2.19. The van der Waals surface area contributed by atoms with E-state index in [-0.39, 0.29) is 33.8 Å². The van der Waals surface area contributed by atoms with E-state index in [1.807, 2.05) is 13.0 Å². The fourth-order valence-corrected chi connectivity index (χ4v) is 4.60. The summed E-state index contributed by atoms with van der Waals surface area (Å²) in [5.74, 6) is 0.254. The van der Waals surface area contributed by atoms with Crippen molar-refractivity contribution < 1.29 is 18.3 Å². The van der Waals surface area contributed by atoms with Gasteiger partial charge in [0.15, 0.2) is 5.69 Å². The Labute approximate surface area is 205 Å². The van der Waals surface area contributed by atoms with Crippen LogP contribution in [-0.2, 0) is 13.0 Å². The topological polar surface area (TPSA) is 68.2 Å². The summed E-state index contributed by atoms with van der Waals surface area (Å²) >= 11 is 6.63. The van der Waals surface area contributed by atoms with E-state index >= 15 is 0 Å². The summed E-state index contributed by atoms with van der Waals surface area (Å²) in [4.78, 5) is 12.9. The molecule has 1 aromatic carbocycles. The molecule has 0 spiro atoms. The first-order valence-electron chi connectivity index (χ1n) is 11.8. The third-order valence-electron chi connectivity index (χ3n) is 5.93. The molecule has 1 saturated heterocycles. The maximum absolute atomic E-state index is 13.3. The van der Waals surface area contributed by atoms with Gasteiger partial charge in [-0.05, 0) is 61.8 Å². The number of aromatic nitrogens is 2. The molecule has 1 aromatic heterocycles. The maximum atomic E-state index is 13.3. The number of nitrogens with one attached hydrogen (secondary N) is 2. The van der Waals surface area contributed by atoms with Gasteiger partial charge in [-0.3, -0.25) is 9.48 Å². The van der Waals surface area contributed by atoms with E-state index in [4.69, 9.17) is 16.3 Å². The predicted octanol–water partition coefficient (Wildman–Crippen LogP) is 5.53. The number of ether oxygens (including phenoxy) is 1. The number of nitrogens with zero attached hydrogens (tertiary/aromatic N) is 2. The Morgan fingerprint density at radius 1 is 1.35 bits per heavy atom. The molecule has 1 amide bonds. The van der Waals surface area contributed by atoms with E-state index in [0.717, 1.165) is 24.9 Å². The van der Waals surface area contributed by atoms with Gasteiger partial charge in [-0.1, -0.05) is 45.4 Å². The second-order valence-corrected chi connectivity index (χ2v) is 10.6. The van der Waals surface area contributed by atoms with Gasteiger partial charge >= 0.3 is 6.61 Å². The zero-order valence-corrected chi connectivity index (χ0v) is 21.3. The van der Waals surface area contributed by atoms with Gasteiger partial charge < -0.3 is 15.4 Å². The number of piperidine rings is 1. The summed E-state index contributed by atoms with van der Waals surface area (Å²) in [5, 5.41) is 10.8. The molecule has 188 valence electrons. The van der Waals surface area contributed by atoms with Gasteiger partial charge in [-0.2, -0.15) is 13.9 Å². The highest BCUT2D eigenvalue weighted by Crippen LogP contribution is 2.39. The molecule has 1 aliphatic rings. The number of benzene rings is 1. The summed E-state index contributed by atoms with van der Waals surface area (Å²) < 4.78 is 32.9. The van der Waals surface area contributed by atoms with Crippen LogP contribution in [0.4, 0.5) is 8.78 Å². The molecule has 0 radical (unpaired) electrons. The highest BCUT2D eigenvalue weighted by molar-refractivity contribution is 6.36. The van der Waals surface area contributed by atoms with Crippen LogP contribution in [0.1, 0.15) is 63.5 Å². The van der Waals surface area contributed by atoms with E-state index in [1.54, 1.807) is 16.8 Å². The van der Waals surface area contributed by atoms with E-state index < -0.39 is 6.61 Å². The number of hydrogen-bond donors (Lipinski definition) is 2. The Balaban J connectivity index is 1.89. The predicted molar refractivity (Wildman–Crippen MR) is 131 cm³/mol. The first-order chi connectivity index (χ1) is 16.0. The number of alkyl halides is 2. The summed E-state index contributed by atoms with van der Waals surface area (Å²) in [7, 11) is 0. The van der Waals surface area contributed by atoms with E-state index in [1.165, 1.54) is 0 Å². The Bertz CT molecular complexity index is 996. The molecule has 2 aromatic rings. The SMILES string of the molecule is CCn1nc(C(=O)NC[C@@H]2CC[C@H](C)CN2)c(Cl)c1-c1ccc(CC(C)(C)C)cc1OC(F)F. The molecule has 2 heterocycles. The lowest BCUT2D eigenvalue weighted by Crippen LogP contribution is -2.45. The van der Waals surface area contributed by atoms with Crippen molar-refractivity contribution in [1.82, 2.24) is 20.4 Å². The molecule has 3 rings (SSSR count). The van der Waals surface area contributed by atoms with Gasteiger partial charge in [0.25, 0.3) is 5.91 Å². The summed E-state index contributed by atoms with van der Waals surface area (Å²) in [6.45, 7) is 9.08. The number of carbonyl (C=O) groups excluding carboxylic acids is 1. The molecule has 34 heavy (non-hydrogen) atoms. The standard InChI is InChI=1S/C25H35ClF2N4O2/c1-6-32-22(18-10-8-16(12-25(3,4)5)11-19(18)34-24(27)28)20(26)21(31-32)23(33)30-14-17-9-7-15(2)13-29-17/h8,10-11,15,17,24,29H,6-7,9,12-14H2,1-5H3,(H,30,33)/t15-,17-/m0/s1. The van der Waals surface area contributed by atoms with Crippen LogP contribution in [0.5, 0.6) is 5.75 Å². The van der Waals surface area contributed by atoms with Crippen molar-refractivity contribution in [2.24, 2.45) is 11.3 Å². The molecule has 2 N–H and O–H groups in total. The van der Waals surface area contributed by atoms with Gasteiger partial charge in [-0.15, -0.1) is 0 Å². The van der Waals surface area contributed by atoms with Crippen LogP contribution in [0.2, 0.25) is 5.02 Å². The fourth-order valence-electron chi connectivity index (χ4n) is 4.28. The molecule has 9 heteroatoms. The minimum absolute atomic E-state index is 0.0146. The highest BCUT2D eigenvalue weighted by atomic mass is 35.5. The fraction of sp³-hybridized carbons (Fsp3) is 0.600. The van der Waals surface area contributed by atoms with Crippen LogP contribution in [0, 0.1) is 11.3 Å². The van der Waals surface area contributed by atoms with Crippen LogP contribution < -0.4 is 15.4 Å². The van der Waals surface area contributed by atoms with Gasteiger partial charge in [-0.25, -0.2) is 0 Å². The average molecular weight is 497 g/mol. The third kappa shape index (κ3) is 6.69. The van der Waals surface area contributed by atoms with E-state index in [9.17, 15) is 13.6 Å². The molecule has 2 atom stereocenters. The molecule has 0 aliphatic carbocycles. The van der Waals surface area contributed by atoms with Crippen molar-refractivity contribution in [1.29, 1.82) is 0 Å².